The number of fused-ring (bicyclic) bond motifs is 1. The van der Waals surface area contributed by atoms with E-state index in [1.165, 1.54) is 19.3 Å². The molecule has 2 saturated carbocycles. The fraction of sp³-hybridized carbons (Fsp3) is 0.769. The van der Waals surface area contributed by atoms with Gasteiger partial charge in [-0.15, -0.1) is 0 Å². The topological polar surface area (TPSA) is 35.5 Å². The molecule has 3 fully saturated rings. The van der Waals surface area contributed by atoms with Crippen molar-refractivity contribution in [1.82, 2.24) is 0 Å². The normalized spacial score (nSPS) is 57.2. The molecule has 2 spiro atoms. The number of hydrogen-bond donors (Lipinski definition) is 0. The molecule has 0 aromatic rings. The fourth-order valence-electron chi connectivity index (χ4n) is 4.55. The van der Waals surface area contributed by atoms with E-state index in [0.717, 1.165) is 10.4 Å². The molecule has 4 unspecified atom stereocenters. The van der Waals surface area contributed by atoms with E-state index in [0.29, 0.717) is 16.9 Å². The van der Waals surface area contributed by atoms with Crippen LogP contribution < -0.4 is 0 Å². The van der Waals surface area contributed by atoms with Crippen molar-refractivity contribution in [1.29, 1.82) is 0 Å². The maximum atomic E-state index is 11.3. The molecular formula is C13H18O3Te. The van der Waals surface area contributed by atoms with Crippen LogP contribution in [0.2, 0.25) is 4.47 Å². The Morgan fingerprint density at radius 3 is 2.88 bits per heavy atom. The maximum absolute atomic E-state index is 11.3. The van der Waals surface area contributed by atoms with Crippen molar-refractivity contribution < 1.29 is 11.0 Å². The second kappa shape index (κ2) is 2.92. The summed E-state index contributed by atoms with van der Waals surface area (Å²) in [5.41, 5.74) is 0.684. The second-order valence-electron chi connectivity index (χ2n) is 6.45. The third-order valence-electron chi connectivity index (χ3n) is 5.73. The van der Waals surface area contributed by atoms with Gasteiger partial charge in [-0.05, 0) is 0 Å². The first-order chi connectivity index (χ1) is 7.98. The third kappa shape index (κ3) is 1.11. The predicted molar refractivity (Wildman–Crippen MR) is 64.2 cm³/mol. The third-order valence-corrected chi connectivity index (χ3v) is 12.8. The van der Waals surface area contributed by atoms with Crippen LogP contribution in [0.15, 0.2) is 10.2 Å². The molecule has 4 heteroatoms. The van der Waals surface area contributed by atoms with E-state index in [2.05, 4.69) is 13.8 Å². The Labute approximate surface area is 106 Å². The summed E-state index contributed by atoms with van der Waals surface area (Å²) in [6.07, 6.45) is 5.76. The molecule has 4 aliphatic rings. The van der Waals surface area contributed by atoms with Gasteiger partial charge in [0.05, 0.1) is 0 Å². The van der Waals surface area contributed by atoms with Crippen molar-refractivity contribution in [3.63, 3.8) is 0 Å². The first-order valence-corrected chi connectivity index (χ1v) is 11.3. The standard InChI is InChI=1S/C13H18O3Te/c1-12(2)9-3-5-13(12)8-17(15-10(13)7-9)6-4-11(14)16-17/h4,6,9-10H,3,5,7-8H2,1-2H3. The van der Waals surface area contributed by atoms with Crippen molar-refractivity contribution in [3.05, 3.63) is 10.2 Å². The van der Waals surface area contributed by atoms with E-state index in [1.807, 2.05) is 4.12 Å². The van der Waals surface area contributed by atoms with E-state index >= 15 is 0 Å². The Hall–Kier alpha value is -0.0404. The zero-order chi connectivity index (χ0) is 11.9. The summed E-state index contributed by atoms with van der Waals surface area (Å²) in [6, 6.07) is 0. The molecule has 4 atom stereocenters. The van der Waals surface area contributed by atoms with Crippen LogP contribution in [0.3, 0.4) is 0 Å². The van der Waals surface area contributed by atoms with Gasteiger partial charge < -0.3 is 0 Å². The minimum absolute atomic E-state index is 0.171. The summed E-state index contributed by atoms with van der Waals surface area (Å²) in [7, 11) is 0. The first kappa shape index (κ1) is 10.8. The molecule has 0 aromatic carbocycles. The van der Waals surface area contributed by atoms with Crippen LogP contribution in [0.4, 0.5) is 0 Å². The molecule has 0 aromatic heterocycles. The molecule has 2 aliphatic carbocycles. The summed E-state index contributed by atoms with van der Waals surface area (Å²) < 4.78 is 15.0. The van der Waals surface area contributed by atoms with E-state index < -0.39 is 19.0 Å². The number of carbonyl (C=O) groups excluding carboxylic acids is 1. The summed E-state index contributed by atoms with van der Waals surface area (Å²) >= 11 is -2.90. The molecule has 4 rings (SSSR count). The molecule has 2 heterocycles. The van der Waals surface area contributed by atoms with E-state index in [1.54, 1.807) is 6.08 Å². The van der Waals surface area contributed by atoms with Gasteiger partial charge in [0.1, 0.15) is 0 Å². The number of rotatable bonds is 0. The molecule has 2 aliphatic heterocycles. The Morgan fingerprint density at radius 1 is 1.47 bits per heavy atom. The SMILES string of the molecule is CC1(C)C2CCC13C[Te]1(C=CC(=O)O1)OC3C2. The van der Waals surface area contributed by atoms with Gasteiger partial charge in [-0.25, -0.2) is 0 Å². The van der Waals surface area contributed by atoms with Gasteiger partial charge in [0.15, 0.2) is 0 Å². The van der Waals surface area contributed by atoms with Gasteiger partial charge in [0.25, 0.3) is 0 Å². The molecule has 0 radical (unpaired) electrons. The van der Waals surface area contributed by atoms with Gasteiger partial charge in [-0.1, -0.05) is 0 Å². The fourth-order valence-corrected chi connectivity index (χ4v) is 13.4. The van der Waals surface area contributed by atoms with E-state index in [-0.39, 0.29) is 5.97 Å². The van der Waals surface area contributed by atoms with Gasteiger partial charge in [-0.3, -0.25) is 0 Å². The van der Waals surface area contributed by atoms with Gasteiger partial charge >= 0.3 is 107 Å². The monoisotopic (exact) mass is 352 g/mol. The molecule has 3 nitrogen and oxygen atoms in total. The summed E-state index contributed by atoms with van der Waals surface area (Å²) in [6.45, 7) is 4.80. The summed E-state index contributed by atoms with van der Waals surface area (Å²) in [5.74, 6) is 0.642. The zero-order valence-electron chi connectivity index (χ0n) is 10.3. The van der Waals surface area contributed by atoms with Crippen LogP contribution >= 0.6 is 0 Å². The van der Waals surface area contributed by atoms with E-state index in [9.17, 15) is 4.79 Å². The first-order valence-electron chi connectivity index (χ1n) is 6.38. The molecular weight excluding hydrogens is 332 g/mol. The summed E-state index contributed by atoms with van der Waals surface area (Å²) in [5, 5.41) is 0. The van der Waals surface area contributed by atoms with Crippen molar-refractivity contribution in [3.8, 4) is 0 Å². The van der Waals surface area contributed by atoms with Crippen molar-refractivity contribution in [2.45, 2.75) is 43.7 Å². The van der Waals surface area contributed by atoms with Crippen LogP contribution in [-0.2, 0) is 11.0 Å². The molecule has 1 saturated heterocycles. The van der Waals surface area contributed by atoms with Crippen LogP contribution in [0, 0.1) is 16.7 Å². The minimum atomic E-state index is -2.90. The van der Waals surface area contributed by atoms with Gasteiger partial charge in [0, 0.05) is 0 Å². The van der Waals surface area contributed by atoms with E-state index in [4.69, 9.17) is 6.20 Å². The quantitative estimate of drug-likeness (QED) is 0.629. The Kier molecular flexibility index (Phi) is 1.86. The molecule has 2 bridgehead atoms. The number of carbonyl (C=O) groups is 1. The van der Waals surface area contributed by atoms with Gasteiger partial charge in [0.2, 0.25) is 0 Å². The van der Waals surface area contributed by atoms with Gasteiger partial charge in [-0.2, -0.15) is 0 Å². The average molecular weight is 350 g/mol. The zero-order valence-corrected chi connectivity index (χ0v) is 12.6. The molecule has 0 amide bonds. The van der Waals surface area contributed by atoms with Crippen molar-refractivity contribution in [2.24, 2.45) is 16.7 Å². The number of hydrogen-bond acceptors (Lipinski definition) is 3. The predicted octanol–water partition coefficient (Wildman–Crippen LogP) is 2.31. The van der Waals surface area contributed by atoms with Crippen LogP contribution in [0.5, 0.6) is 0 Å². The van der Waals surface area contributed by atoms with Crippen LogP contribution in [0.1, 0.15) is 33.1 Å². The average Bonchev–Trinajstić information content (AvgIpc) is 2.89. The Bertz CT molecular complexity index is 444. The van der Waals surface area contributed by atoms with Crippen LogP contribution in [0.25, 0.3) is 0 Å². The Balaban J connectivity index is 1.75. The van der Waals surface area contributed by atoms with Crippen molar-refractivity contribution >= 4 is 25.0 Å². The molecule has 94 valence electrons. The molecule has 0 N–H and O–H groups in total. The molecule has 17 heavy (non-hydrogen) atoms. The van der Waals surface area contributed by atoms with Crippen LogP contribution in [-0.4, -0.2) is 31.1 Å². The summed E-state index contributed by atoms with van der Waals surface area (Å²) in [4.78, 5) is 11.3. The second-order valence-corrected chi connectivity index (χ2v) is 12.9. The Morgan fingerprint density at radius 2 is 2.29 bits per heavy atom. The van der Waals surface area contributed by atoms with Crippen molar-refractivity contribution in [2.75, 3.05) is 0 Å².